The lowest BCUT2D eigenvalue weighted by Gasteiger charge is -2.27. The molecule has 3 heterocycles. The second kappa shape index (κ2) is 6.82. The molecule has 0 saturated heterocycles. The van der Waals surface area contributed by atoms with Crippen molar-refractivity contribution in [1.29, 1.82) is 0 Å². The second-order valence-corrected chi connectivity index (χ2v) is 7.36. The van der Waals surface area contributed by atoms with Crippen molar-refractivity contribution in [3.8, 4) is 17.0 Å². The van der Waals surface area contributed by atoms with E-state index in [1.165, 1.54) is 0 Å². The van der Waals surface area contributed by atoms with Gasteiger partial charge < -0.3 is 10.1 Å². The minimum Gasteiger partial charge on any atom is -0.497 e. The zero-order chi connectivity index (χ0) is 20.0. The molecule has 0 amide bonds. The SMILES string of the molecule is COc1cccc(-c2n[nH]c(=O)c3c2[C@@H](c2ccc(Br)cc2)n2nnnc2N3)c1. The maximum absolute atomic E-state index is 12.6. The Hall–Kier alpha value is -3.53. The van der Waals surface area contributed by atoms with E-state index in [9.17, 15) is 4.79 Å². The van der Waals surface area contributed by atoms with Gasteiger partial charge in [0.25, 0.3) is 5.56 Å². The highest BCUT2D eigenvalue weighted by Crippen LogP contribution is 2.41. The van der Waals surface area contributed by atoms with Crippen molar-refractivity contribution >= 4 is 27.6 Å². The van der Waals surface area contributed by atoms with Gasteiger partial charge in [-0.15, -0.1) is 0 Å². The Morgan fingerprint density at radius 1 is 1.17 bits per heavy atom. The Bertz CT molecular complexity index is 1270. The molecule has 2 N–H and O–H groups in total. The molecule has 2 aromatic carbocycles. The van der Waals surface area contributed by atoms with Gasteiger partial charge in [-0.25, -0.2) is 5.10 Å². The van der Waals surface area contributed by atoms with E-state index in [0.29, 0.717) is 28.6 Å². The zero-order valence-corrected chi connectivity index (χ0v) is 16.7. The average Bonchev–Trinajstić information content (AvgIpc) is 3.22. The summed E-state index contributed by atoms with van der Waals surface area (Å²) >= 11 is 3.46. The van der Waals surface area contributed by atoms with Crippen LogP contribution in [0, 0.1) is 0 Å². The van der Waals surface area contributed by atoms with Crippen LogP contribution in [0.25, 0.3) is 11.3 Å². The summed E-state index contributed by atoms with van der Waals surface area (Å²) in [4.78, 5) is 12.6. The number of benzene rings is 2. The quantitative estimate of drug-likeness (QED) is 0.433. The van der Waals surface area contributed by atoms with E-state index in [1.54, 1.807) is 11.8 Å². The number of aromatic nitrogens is 6. The van der Waals surface area contributed by atoms with Crippen molar-refractivity contribution < 1.29 is 4.74 Å². The molecule has 0 aliphatic carbocycles. The van der Waals surface area contributed by atoms with Crippen LogP contribution in [0.15, 0.2) is 57.8 Å². The molecule has 0 radical (unpaired) electrons. The molecule has 9 nitrogen and oxygen atoms in total. The van der Waals surface area contributed by atoms with Crippen molar-refractivity contribution in [3.63, 3.8) is 0 Å². The molecule has 4 aromatic rings. The van der Waals surface area contributed by atoms with Gasteiger partial charge >= 0.3 is 0 Å². The summed E-state index contributed by atoms with van der Waals surface area (Å²) in [5, 5.41) is 21.9. The van der Waals surface area contributed by atoms with Gasteiger partial charge in [0.2, 0.25) is 5.95 Å². The van der Waals surface area contributed by atoms with Crippen LogP contribution < -0.4 is 15.6 Å². The van der Waals surface area contributed by atoms with E-state index in [4.69, 9.17) is 4.74 Å². The lowest BCUT2D eigenvalue weighted by Crippen LogP contribution is -2.29. The summed E-state index contributed by atoms with van der Waals surface area (Å²) in [6.45, 7) is 0. The van der Waals surface area contributed by atoms with Gasteiger partial charge in [-0.1, -0.05) is 45.3 Å². The Kier molecular flexibility index (Phi) is 4.13. The first-order valence-electron chi connectivity index (χ1n) is 8.73. The Morgan fingerprint density at radius 3 is 2.79 bits per heavy atom. The molecule has 0 saturated carbocycles. The first kappa shape index (κ1) is 17.6. The monoisotopic (exact) mass is 451 g/mol. The predicted octanol–water partition coefficient (Wildman–Crippen LogP) is 2.89. The number of ether oxygens (including phenoxy) is 1. The normalized spacial score (nSPS) is 14.6. The third kappa shape index (κ3) is 2.88. The van der Waals surface area contributed by atoms with E-state index in [2.05, 4.69) is 47.0 Å². The van der Waals surface area contributed by atoms with Gasteiger partial charge in [-0.3, -0.25) is 4.79 Å². The number of hydrogen-bond acceptors (Lipinski definition) is 7. The molecule has 0 unspecified atom stereocenters. The lowest BCUT2D eigenvalue weighted by molar-refractivity contribution is 0.415. The molecular weight excluding hydrogens is 438 g/mol. The number of nitrogens with one attached hydrogen (secondary N) is 2. The molecule has 144 valence electrons. The van der Waals surface area contributed by atoms with Gasteiger partial charge in [0.05, 0.1) is 12.8 Å². The van der Waals surface area contributed by atoms with Crippen LogP contribution in [0.5, 0.6) is 5.75 Å². The third-order valence-corrected chi connectivity index (χ3v) is 5.33. The number of methoxy groups -OCH3 is 1. The number of H-pyrrole nitrogens is 1. The average molecular weight is 452 g/mol. The number of halogens is 1. The fourth-order valence-electron chi connectivity index (χ4n) is 3.48. The number of tetrazole rings is 1. The van der Waals surface area contributed by atoms with E-state index >= 15 is 0 Å². The Balaban J connectivity index is 1.80. The number of hydrogen-bond donors (Lipinski definition) is 2. The summed E-state index contributed by atoms with van der Waals surface area (Å²) in [5.41, 5.74) is 3.04. The molecule has 0 bridgehead atoms. The summed E-state index contributed by atoms with van der Waals surface area (Å²) in [5.74, 6) is 1.08. The summed E-state index contributed by atoms with van der Waals surface area (Å²) < 4.78 is 7.95. The number of fused-ring (bicyclic) bond motifs is 2. The molecule has 2 aromatic heterocycles. The van der Waals surface area contributed by atoms with Crippen molar-refractivity contribution in [2.75, 3.05) is 12.4 Å². The first-order valence-corrected chi connectivity index (χ1v) is 9.52. The van der Waals surface area contributed by atoms with Gasteiger partial charge in [-0.05, 0) is 40.3 Å². The van der Waals surface area contributed by atoms with Gasteiger partial charge in [0, 0.05) is 15.6 Å². The van der Waals surface area contributed by atoms with Crippen LogP contribution in [0.1, 0.15) is 17.2 Å². The summed E-state index contributed by atoms with van der Waals surface area (Å²) in [7, 11) is 1.61. The highest BCUT2D eigenvalue weighted by atomic mass is 79.9. The maximum atomic E-state index is 12.6. The highest BCUT2D eigenvalue weighted by molar-refractivity contribution is 9.10. The van der Waals surface area contributed by atoms with Crippen molar-refractivity contribution in [1.82, 2.24) is 30.4 Å². The van der Waals surface area contributed by atoms with E-state index in [1.807, 2.05) is 48.5 Å². The molecule has 0 fully saturated rings. The van der Waals surface area contributed by atoms with Crippen LogP contribution >= 0.6 is 15.9 Å². The van der Waals surface area contributed by atoms with Gasteiger partial charge in [0.1, 0.15) is 17.5 Å². The fourth-order valence-corrected chi connectivity index (χ4v) is 3.75. The number of nitrogens with zero attached hydrogens (tertiary/aromatic N) is 5. The minimum absolute atomic E-state index is 0.344. The predicted molar refractivity (Wildman–Crippen MR) is 109 cm³/mol. The van der Waals surface area contributed by atoms with Crippen LogP contribution in [-0.4, -0.2) is 37.5 Å². The number of anilines is 2. The summed E-state index contributed by atoms with van der Waals surface area (Å²) in [6.07, 6.45) is 0. The Morgan fingerprint density at radius 2 is 2.00 bits per heavy atom. The second-order valence-electron chi connectivity index (χ2n) is 6.45. The van der Waals surface area contributed by atoms with E-state index in [0.717, 1.165) is 15.6 Å². The molecule has 5 rings (SSSR count). The molecule has 1 aliphatic rings. The lowest BCUT2D eigenvalue weighted by atomic mass is 9.92. The fraction of sp³-hybridized carbons (Fsp3) is 0.105. The van der Waals surface area contributed by atoms with Crippen molar-refractivity contribution in [2.24, 2.45) is 0 Å². The third-order valence-electron chi connectivity index (χ3n) is 4.80. The standard InChI is InChI=1S/C19H14BrN7O2/c1-29-13-4-2-3-11(9-13)15-14-16(18(28)23-22-15)21-19-24-25-26-27(19)17(14)10-5-7-12(20)8-6-10/h2-9,17H,1H3,(H,23,28)(H,21,24,26)/t17-/m1/s1. The van der Waals surface area contributed by atoms with Crippen LogP contribution in [0.4, 0.5) is 11.6 Å². The molecule has 1 atom stereocenters. The van der Waals surface area contributed by atoms with Crippen LogP contribution in [-0.2, 0) is 0 Å². The van der Waals surface area contributed by atoms with E-state index in [-0.39, 0.29) is 5.56 Å². The highest BCUT2D eigenvalue weighted by Gasteiger charge is 2.34. The number of rotatable bonds is 3. The molecule has 1 aliphatic heterocycles. The molecule has 29 heavy (non-hydrogen) atoms. The molecular formula is C19H14BrN7O2. The van der Waals surface area contributed by atoms with E-state index < -0.39 is 6.04 Å². The largest absolute Gasteiger partial charge is 0.497 e. The molecule has 0 spiro atoms. The minimum atomic E-state index is -0.430. The van der Waals surface area contributed by atoms with Crippen LogP contribution in [0.2, 0.25) is 0 Å². The van der Waals surface area contributed by atoms with Gasteiger partial charge in [0.15, 0.2) is 0 Å². The van der Waals surface area contributed by atoms with Gasteiger partial charge in [-0.2, -0.15) is 9.78 Å². The van der Waals surface area contributed by atoms with Crippen molar-refractivity contribution in [3.05, 3.63) is 74.5 Å². The maximum Gasteiger partial charge on any atom is 0.288 e. The topological polar surface area (TPSA) is 111 Å². The zero-order valence-electron chi connectivity index (χ0n) is 15.1. The number of aromatic amines is 1. The Labute approximate surface area is 172 Å². The molecule has 10 heteroatoms. The van der Waals surface area contributed by atoms with Crippen LogP contribution in [0.3, 0.4) is 0 Å². The smallest absolute Gasteiger partial charge is 0.288 e. The van der Waals surface area contributed by atoms with Crippen molar-refractivity contribution in [2.45, 2.75) is 6.04 Å². The first-order chi connectivity index (χ1) is 14.2. The summed E-state index contributed by atoms with van der Waals surface area (Å²) in [6, 6.07) is 14.9.